The smallest absolute Gasteiger partial charge is 0.268 e. The molecule has 4 rings (SSSR count). The quantitative estimate of drug-likeness (QED) is 0.317. The fourth-order valence-electron chi connectivity index (χ4n) is 4.34. The highest BCUT2D eigenvalue weighted by atomic mass is 32.2. The fraction of sp³-hybridized carbons (Fsp3) is 0.429. The van der Waals surface area contributed by atoms with Crippen LogP contribution in [0.4, 0.5) is 4.39 Å². The van der Waals surface area contributed by atoms with Crippen molar-refractivity contribution in [2.24, 2.45) is 5.92 Å². The van der Waals surface area contributed by atoms with Crippen LogP contribution in [0.3, 0.4) is 0 Å². The lowest BCUT2D eigenvalue weighted by Gasteiger charge is -2.22. The van der Waals surface area contributed by atoms with Crippen molar-refractivity contribution in [3.05, 3.63) is 66.1 Å². The van der Waals surface area contributed by atoms with Crippen molar-refractivity contribution in [3.8, 4) is 22.8 Å². The summed E-state index contributed by atoms with van der Waals surface area (Å²) in [5, 5.41) is 3.02. The van der Waals surface area contributed by atoms with Crippen molar-refractivity contribution in [2.45, 2.75) is 30.7 Å². The Kier molecular flexibility index (Phi) is 9.79. The van der Waals surface area contributed by atoms with Gasteiger partial charge in [0, 0.05) is 63.8 Å². The Hall–Kier alpha value is -2.92. The molecule has 2 aromatic carbocycles. The van der Waals surface area contributed by atoms with Gasteiger partial charge in [-0.1, -0.05) is 6.07 Å². The van der Waals surface area contributed by atoms with Crippen LogP contribution in [0.1, 0.15) is 24.8 Å². The van der Waals surface area contributed by atoms with E-state index in [1.54, 1.807) is 44.5 Å². The molecule has 0 atom stereocenters. The van der Waals surface area contributed by atoms with Gasteiger partial charge in [-0.2, -0.15) is 0 Å². The van der Waals surface area contributed by atoms with Crippen LogP contribution in [0.15, 0.2) is 59.6 Å². The van der Waals surface area contributed by atoms with Crippen LogP contribution in [0.25, 0.3) is 11.3 Å². The molecule has 0 unspecified atom stereocenters. The first-order chi connectivity index (χ1) is 18.4. The minimum absolute atomic E-state index is 0.0476. The number of benzene rings is 2. The molecule has 2 heterocycles. The molecule has 0 spiro atoms. The van der Waals surface area contributed by atoms with Crippen molar-refractivity contribution in [1.29, 1.82) is 0 Å². The van der Waals surface area contributed by atoms with Crippen molar-refractivity contribution < 1.29 is 31.8 Å². The molecule has 1 saturated heterocycles. The highest BCUT2D eigenvalue weighted by Gasteiger charge is 2.24. The van der Waals surface area contributed by atoms with E-state index in [1.807, 2.05) is 0 Å². The van der Waals surface area contributed by atoms with Crippen LogP contribution in [-0.4, -0.2) is 59.6 Å². The Morgan fingerprint density at radius 2 is 1.84 bits per heavy atom. The van der Waals surface area contributed by atoms with Crippen molar-refractivity contribution in [1.82, 2.24) is 9.29 Å². The normalized spacial score (nSPS) is 14.5. The largest absolute Gasteiger partial charge is 0.493 e. The molecule has 0 amide bonds. The zero-order chi connectivity index (χ0) is 27.0. The van der Waals surface area contributed by atoms with Gasteiger partial charge >= 0.3 is 0 Å². The molecule has 0 aliphatic carbocycles. The first kappa shape index (κ1) is 28.1. The van der Waals surface area contributed by atoms with Crippen LogP contribution in [0.5, 0.6) is 11.5 Å². The maximum Gasteiger partial charge on any atom is 0.268 e. The third-order valence-corrected chi connectivity index (χ3v) is 8.06. The number of ether oxygens (including phenoxy) is 4. The third-order valence-electron chi connectivity index (χ3n) is 6.39. The topological polar surface area (TPSA) is 88.0 Å². The molecule has 1 N–H and O–H groups in total. The molecule has 8 nitrogen and oxygen atoms in total. The van der Waals surface area contributed by atoms with E-state index in [4.69, 9.17) is 18.9 Å². The van der Waals surface area contributed by atoms with E-state index in [-0.39, 0.29) is 16.2 Å². The summed E-state index contributed by atoms with van der Waals surface area (Å²) in [4.78, 5) is 0.0476. The van der Waals surface area contributed by atoms with Gasteiger partial charge in [0.25, 0.3) is 10.0 Å². The lowest BCUT2D eigenvalue weighted by Crippen LogP contribution is -2.21. The van der Waals surface area contributed by atoms with Gasteiger partial charge in [-0.05, 0) is 61.7 Å². The van der Waals surface area contributed by atoms with Crippen molar-refractivity contribution in [2.75, 3.05) is 47.2 Å². The monoisotopic (exact) mass is 546 g/mol. The Balaban J connectivity index is 1.60. The van der Waals surface area contributed by atoms with Gasteiger partial charge in [0.15, 0.2) is 0 Å². The SMILES string of the molecule is CNCc1cc(-c2ccc(OCC3CCOCC3)cc2F)n(S(=O)(=O)c2cccc(OCCCOC)c2)c1. The van der Waals surface area contributed by atoms with Crippen LogP contribution in [0.2, 0.25) is 0 Å². The average molecular weight is 547 g/mol. The second-order valence-electron chi connectivity index (χ2n) is 9.24. The molecule has 0 saturated carbocycles. The lowest BCUT2D eigenvalue weighted by atomic mass is 10.0. The first-order valence-electron chi connectivity index (χ1n) is 12.8. The maximum atomic E-state index is 15.4. The van der Waals surface area contributed by atoms with Crippen molar-refractivity contribution in [3.63, 3.8) is 0 Å². The number of hydrogen-bond donors (Lipinski definition) is 1. The molecular weight excluding hydrogens is 511 g/mol. The first-order valence-corrected chi connectivity index (χ1v) is 14.2. The summed E-state index contributed by atoms with van der Waals surface area (Å²) in [6.45, 7) is 3.28. The van der Waals surface area contributed by atoms with Gasteiger partial charge < -0.3 is 24.3 Å². The molecule has 1 aromatic heterocycles. The molecule has 3 aromatic rings. The van der Waals surface area contributed by atoms with Gasteiger partial charge in [0.1, 0.15) is 17.3 Å². The number of methoxy groups -OCH3 is 1. The van der Waals surface area contributed by atoms with Gasteiger partial charge in [-0.15, -0.1) is 0 Å². The molecule has 1 aliphatic rings. The van der Waals surface area contributed by atoms with Gasteiger partial charge in [0.05, 0.1) is 23.8 Å². The average Bonchev–Trinajstić information content (AvgIpc) is 3.35. The van der Waals surface area contributed by atoms with Crippen LogP contribution < -0.4 is 14.8 Å². The lowest BCUT2D eigenvalue weighted by molar-refractivity contribution is 0.0497. The summed E-state index contributed by atoms with van der Waals surface area (Å²) in [6.07, 6.45) is 4.03. The number of hydrogen-bond acceptors (Lipinski definition) is 7. The van der Waals surface area contributed by atoms with Gasteiger partial charge in [0.2, 0.25) is 0 Å². The third kappa shape index (κ3) is 6.93. The number of nitrogens with zero attached hydrogens (tertiary/aromatic N) is 1. The number of nitrogens with one attached hydrogen (secondary N) is 1. The predicted molar refractivity (Wildman–Crippen MR) is 143 cm³/mol. The second-order valence-corrected chi connectivity index (χ2v) is 11.1. The van der Waals surface area contributed by atoms with E-state index in [2.05, 4.69) is 5.32 Å². The summed E-state index contributed by atoms with van der Waals surface area (Å²) >= 11 is 0. The zero-order valence-electron chi connectivity index (χ0n) is 21.8. The highest BCUT2D eigenvalue weighted by molar-refractivity contribution is 7.90. The molecule has 1 aliphatic heterocycles. The van der Waals surface area contributed by atoms with E-state index < -0.39 is 15.8 Å². The zero-order valence-corrected chi connectivity index (χ0v) is 22.6. The number of halogens is 1. The van der Waals surface area contributed by atoms with Gasteiger partial charge in [-0.25, -0.2) is 16.8 Å². The van der Waals surface area contributed by atoms with E-state index in [0.717, 1.165) is 16.8 Å². The maximum absolute atomic E-state index is 15.4. The van der Waals surface area contributed by atoms with E-state index in [1.165, 1.54) is 24.4 Å². The summed E-state index contributed by atoms with van der Waals surface area (Å²) in [5.41, 5.74) is 1.11. The Morgan fingerprint density at radius 3 is 2.58 bits per heavy atom. The summed E-state index contributed by atoms with van der Waals surface area (Å²) in [7, 11) is -0.673. The van der Waals surface area contributed by atoms with Crippen LogP contribution in [-0.2, 0) is 26.0 Å². The molecular formula is C28H35FN2O6S. The van der Waals surface area contributed by atoms with Crippen LogP contribution in [0, 0.1) is 11.7 Å². The molecule has 38 heavy (non-hydrogen) atoms. The highest BCUT2D eigenvalue weighted by Crippen LogP contribution is 2.32. The summed E-state index contributed by atoms with van der Waals surface area (Å²) < 4.78 is 65.9. The Labute approximate surface area is 223 Å². The predicted octanol–water partition coefficient (Wildman–Crippen LogP) is 4.47. The Bertz CT molecular complexity index is 1300. The summed E-state index contributed by atoms with van der Waals surface area (Å²) in [6, 6.07) is 12.5. The number of aromatic nitrogens is 1. The Morgan fingerprint density at radius 1 is 1.05 bits per heavy atom. The minimum atomic E-state index is -4.05. The molecule has 206 valence electrons. The number of rotatable bonds is 13. The van der Waals surface area contributed by atoms with E-state index in [0.29, 0.717) is 69.0 Å². The molecule has 1 fully saturated rings. The summed E-state index contributed by atoms with van der Waals surface area (Å²) in [5.74, 6) is 0.656. The molecule has 0 radical (unpaired) electrons. The second kappa shape index (κ2) is 13.2. The van der Waals surface area contributed by atoms with E-state index >= 15 is 4.39 Å². The van der Waals surface area contributed by atoms with Crippen molar-refractivity contribution >= 4 is 10.0 Å². The van der Waals surface area contributed by atoms with Gasteiger partial charge in [-0.3, -0.25) is 0 Å². The standard InChI is InChI=1S/C28H35FN2O6S/c1-30-18-22-15-28(26-8-7-24(17-27(26)29)37-20-21-9-13-35-14-10-21)31(19-22)38(32,33)25-6-3-5-23(16-25)36-12-4-11-34-2/h3,5-8,15-17,19,21,30H,4,9-14,18,20H2,1-2H3. The minimum Gasteiger partial charge on any atom is -0.493 e. The molecule has 10 heteroatoms. The van der Waals surface area contributed by atoms with Crippen LogP contribution >= 0.6 is 0 Å². The van der Waals surface area contributed by atoms with E-state index in [9.17, 15) is 8.42 Å². The molecule has 0 bridgehead atoms. The fourth-order valence-corrected chi connectivity index (χ4v) is 5.77.